The summed E-state index contributed by atoms with van der Waals surface area (Å²) >= 11 is 6.21. The molecule has 0 saturated carbocycles. The third-order valence-electron chi connectivity index (χ3n) is 6.83. The predicted molar refractivity (Wildman–Crippen MR) is 124 cm³/mol. The van der Waals surface area contributed by atoms with Gasteiger partial charge in [-0.05, 0) is 25.1 Å². The zero-order valence-corrected chi connectivity index (χ0v) is 19.7. The fourth-order valence-electron chi connectivity index (χ4n) is 4.91. The molecular formula is C25H23ClF2N4O3. The third-order valence-corrected chi connectivity index (χ3v) is 7.14. The highest BCUT2D eigenvalue weighted by atomic mass is 35.5. The van der Waals surface area contributed by atoms with Crippen LogP contribution in [0.5, 0.6) is 0 Å². The van der Waals surface area contributed by atoms with Crippen molar-refractivity contribution in [3.63, 3.8) is 0 Å². The summed E-state index contributed by atoms with van der Waals surface area (Å²) in [6.45, 7) is 2.57. The van der Waals surface area contributed by atoms with Gasteiger partial charge in [0.15, 0.2) is 0 Å². The van der Waals surface area contributed by atoms with E-state index in [2.05, 4.69) is 10.5 Å². The molecule has 3 heterocycles. The zero-order chi connectivity index (χ0) is 24.7. The molecule has 2 amide bonds. The first-order chi connectivity index (χ1) is 16.8. The van der Waals surface area contributed by atoms with Crippen molar-refractivity contribution >= 4 is 23.4 Å². The van der Waals surface area contributed by atoms with Crippen LogP contribution in [0.15, 0.2) is 47.0 Å². The monoisotopic (exact) mass is 500 g/mol. The molecule has 1 spiro atoms. The summed E-state index contributed by atoms with van der Waals surface area (Å²) in [6, 6.07) is 10.6. The normalized spacial score (nSPS) is 17.4. The predicted octanol–water partition coefficient (Wildman–Crippen LogP) is 4.15. The topological polar surface area (TPSA) is 78.7 Å². The number of nitrogens with one attached hydrogen (secondary N) is 1. The molecule has 10 heteroatoms. The molecule has 1 aromatic heterocycles. The Labute approximate surface area is 205 Å². The van der Waals surface area contributed by atoms with Gasteiger partial charge in [-0.2, -0.15) is 0 Å². The molecule has 2 fully saturated rings. The van der Waals surface area contributed by atoms with E-state index in [1.165, 1.54) is 24.3 Å². The number of hydrogen-bond donors (Lipinski definition) is 1. The minimum absolute atomic E-state index is 0.0157. The number of benzene rings is 2. The van der Waals surface area contributed by atoms with Gasteiger partial charge in [-0.25, -0.2) is 8.78 Å². The lowest BCUT2D eigenvalue weighted by Crippen LogP contribution is -2.59. The lowest BCUT2D eigenvalue weighted by atomic mass is 9.94. The van der Waals surface area contributed by atoms with Crippen LogP contribution in [0.3, 0.4) is 0 Å². The van der Waals surface area contributed by atoms with E-state index in [9.17, 15) is 18.4 Å². The molecule has 2 aliphatic heterocycles. The van der Waals surface area contributed by atoms with E-state index < -0.39 is 11.5 Å². The van der Waals surface area contributed by atoms with Gasteiger partial charge in [-0.1, -0.05) is 41.0 Å². The lowest BCUT2D eigenvalue weighted by Gasteiger charge is -2.44. The molecule has 0 bridgehead atoms. The van der Waals surface area contributed by atoms with Crippen LogP contribution in [-0.4, -0.2) is 52.1 Å². The number of rotatable bonds is 4. The van der Waals surface area contributed by atoms with Crippen LogP contribution in [-0.2, 0) is 11.3 Å². The van der Waals surface area contributed by atoms with Crippen molar-refractivity contribution in [2.24, 2.45) is 0 Å². The Morgan fingerprint density at radius 2 is 1.86 bits per heavy atom. The Morgan fingerprint density at radius 3 is 2.57 bits per heavy atom. The first-order valence-electron chi connectivity index (χ1n) is 11.3. The van der Waals surface area contributed by atoms with Crippen molar-refractivity contribution in [2.45, 2.75) is 32.0 Å². The van der Waals surface area contributed by atoms with Gasteiger partial charge in [0, 0.05) is 31.5 Å². The standard InChI is InChI=1S/C25H23ClF2N4O3/c1-15-21(23(30-35-15)22-17(26)6-4-8-19(22)28)24(34)31-11-9-25(10-12-31)29-13-20(33)32(25)14-16-5-2-3-7-18(16)27/h2-8,29H,9-14H2,1H3. The van der Waals surface area contributed by atoms with Crippen LogP contribution >= 0.6 is 11.6 Å². The van der Waals surface area contributed by atoms with Crippen molar-refractivity contribution in [1.29, 1.82) is 0 Å². The van der Waals surface area contributed by atoms with Gasteiger partial charge in [-0.3, -0.25) is 14.9 Å². The lowest BCUT2D eigenvalue weighted by molar-refractivity contribution is -0.132. The van der Waals surface area contributed by atoms with Gasteiger partial charge in [0.25, 0.3) is 5.91 Å². The number of aromatic nitrogens is 1. The van der Waals surface area contributed by atoms with Crippen LogP contribution in [0.25, 0.3) is 11.3 Å². The maximum atomic E-state index is 14.6. The summed E-state index contributed by atoms with van der Waals surface area (Å²) in [6.07, 6.45) is 0.915. The number of carbonyl (C=O) groups is 2. The van der Waals surface area contributed by atoms with Crippen molar-refractivity contribution < 1.29 is 22.9 Å². The fourth-order valence-corrected chi connectivity index (χ4v) is 5.16. The van der Waals surface area contributed by atoms with E-state index in [4.69, 9.17) is 16.1 Å². The first kappa shape index (κ1) is 23.4. The summed E-state index contributed by atoms with van der Waals surface area (Å²) in [5.74, 6) is -1.16. The molecule has 0 radical (unpaired) electrons. The largest absolute Gasteiger partial charge is 0.360 e. The zero-order valence-electron chi connectivity index (χ0n) is 19.0. The van der Waals surface area contributed by atoms with Gasteiger partial charge in [0.1, 0.15) is 28.7 Å². The number of carbonyl (C=O) groups excluding carboxylic acids is 2. The number of halogens is 3. The van der Waals surface area contributed by atoms with Gasteiger partial charge >= 0.3 is 0 Å². The maximum Gasteiger partial charge on any atom is 0.259 e. The Morgan fingerprint density at radius 1 is 1.14 bits per heavy atom. The second kappa shape index (κ2) is 9.05. The van der Waals surface area contributed by atoms with E-state index in [0.29, 0.717) is 31.5 Å². The molecule has 0 unspecified atom stereocenters. The summed E-state index contributed by atoms with van der Waals surface area (Å²) in [5.41, 5.74) is 0.00564. The van der Waals surface area contributed by atoms with Crippen molar-refractivity contribution in [1.82, 2.24) is 20.3 Å². The maximum absolute atomic E-state index is 14.6. The van der Waals surface area contributed by atoms with Crippen LogP contribution in [0.1, 0.15) is 34.5 Å². The van der Waals surface area contributed by atoms with E-state index in [1.807, 2.05) is 0 Å². The molecule has 1 N–H and O–H groups in total. The number of amides is 2. The van der Waals surface area contributed by atoms with Crippen molar-refractivity contribution in [3.05, 3.63) is 76.0 Å². The fraction of sp³-hybridized carbons (Fsp3) is 0.320. The molecule has 7 nitrogen and oxygen atoms in total. The van der Waals surface area contributed by atoms with Crippen LogP contribution in [0.2, 0.25) is 5.02 Å². The molecule has 2 aliphatic rings. The molecule has 2 saturated heterocycles. The molecule has 5 rings (SSSR count). The second-order valence-corrected chi connectivity index (χ2v) is 9.21. The third kappa shape index (κ3) is 4.08. The highest BCUT2D eigenvalue weighted by Gasteiger charge is 2.47. The smallest absolute Gasteiger partial charge is 0.259 e. The van der Waals surface area contributed by atoms with Gasteiger partial charge < -0.3 is 14.3 Å². The van der Waals surface area contributed by atoms with Gasteiger partial charge in [0.05, 0.1) is 29.3 Å². The Balaban J connectivity index is 1.37. The summed E-state index contributed by atoms with van der Waals surface area (Å²) < 4.78 is 34.1. The Hall–Kier alpha value is -3.30. The highest BCUT2D eigenvalue weighted by molar-refractivity contribution is 6.33. The van der Waals surface area contributed by atoms with E-state index >= 15 is 0 Å². The van der Waals surface area contributed by atoms with Crippen LogP contribution in [0, 0.1) is 18.6 Å². The van der Waals surface area contributed by atoms with Gasteiger partial charge in [-0.15, -0.1) is 0 Å². The highest BCUT2D eigenvalue weighted by Crippen LogP contribution is 2.36. The van der Waals surface area contributed by atoms with Crippen LogP contribution < -0.4 is 5.32 Å². The quantitative estimate of drug-likeness (QED) is 0.582. The average molecular weight is 501 g/mol. The van der Waals surface area contributed by atoms with E-state index in [-0.39, 0.29) is 58.3 Å². The van der Waals surface area contributed by atoms with E-state index in [1.54, 1.807) is 34.9 Å². The van der Waals surface area contributed by atoms with Crippen molar-refractivity contribution in [2.75, 3.05) is 19.6 Å². The number of nitrogens with zero attached hydrogens (tertiary/aromatic N) is 3. The van der Waals surface area contributed by atoms with E-state index in [0.717, 1.165) is 0 Å². The summed E-state index contributed by atoms with van der Waals surface area (Å²) in [4.78, 5) is 29.5. The molecule has 35 heavy (non-hydrogen) atoms. The number of piperidine rings is 1. The molecule has 0 atom stereocenters. The first-order valence-corrected chi connectivity index (χ1v) is 11.7. The van der Waals surface area contributed by atoms with Crippen LogP contribution in [0.4, 0.5) is 8.78 Å². The summed E-state index contributed by atoms with van der Waals surface area (Å²) in [7, 11) is 0. The molecular weight excluding hydrogens is 478 g/mol. The Bertz CT molecular complexity index is 1280. The van der Waals surface area contributed by atoms with Crippen molar-refractivity contribution in [3.8, 4) is 11.3 Å². The SMILES string of the molecule is Cc1onc(-c2c(F)cccc2Cl)c1C(=O)N1CCC2(CC1)NCC(=O)N2Cc1ccccc1F. The summed E-state index contributed by atoms with van der Waals surface area (Å²) in [5, 5.41) is 7.34. The van der Waals surface area contributed by atoms with Gasteiger partial charge in [0.2, 0.25) is 5.91 Å². The molecule has 182 valence electrons. The number of hydrogen-bond acceptors (Lipinski definition) is 5. The Kier molecular flexibility index (Phi) is 6.06. The average Bonchev–Trinajstić information content (AvgIpc) is 3.36. The molecule has 3 aromatic rings. The molecule has 0 aliphatic carbocycles. The molecule has 2 aromatic carbocycles. The minimum atomic E-state index is -0.669. The minimum Gasteiger partial charge on any atom is -0.360 e. The second-order valence-electron chi connectivity index (χ2n) is 8.81. The number of aryl methyl sites for hydroxylation is 1. The number of likely N-dealkylation sites (tertiary alicyclic amines) is 1.